The largest absolute Gasteiger partial charge is 0.459 e. The van der Waals surface area contributed by atoms with Gasteiger partial charge >= 0.3 is 0 Å². The Labute approximate surface area is 229 Å². The van der Waals surface area contributed by atoms with Crippen molar-refractivity contribution < 1.29 is 13.9 Å². The summed E-state index contributed by atoms with van der Waals surface area (Å²) < 4.78 is 12.3. The van der Waals surface area contributed by atoms with Crippen LogP contribution in [0.3, 0.4) is 0 Å². The Kier molecular flexibility index (Phi) is 7.36. The van der Waals surface area contributed by atoms with E-state index in [4.69, 9.17) is 21.4 Å². The van der Waals surface area contributed by atoms with Crippen LogP contribution in [0.2, 0.25) is 0 Å². The fraction of sp³-hybridized carbons (Fsp3) is 0.179. The molecule has 4 aromatic rings. The molecule has 1 saturated heterocycles. The van der Waals surface area contributed by atoms with Crippen LogP contribution < -0.4 is 15.5 Å². The monoisotopic (exact) mass is 576 g/mol. The number of aromatic nitrogens is 1. The summed E-state index contributed by atoms with van der Waals surface area (Å²) in [6, 6.07) is 23.0. The highest BCUT2D eigenvalue weighted by Crippen LogP contribution is 2.43. The van der Waals surface area contributed by atoms with Crippen molar-refractivity contribution in [2.24, 2.45) is 0 Å². The van der Waals surface area contributed by atoms with Crippen LogP contribution in [0.4, 0.5) is 11.4 Å². The van der Waals surface area contributed by atoms with Gasteiger partial charge in [0.15, 0.2) is 5.11 Å². The number of methoxy groups -OCH3 is 1. The summed E-state index contributed by atoms with van der Waals surface area (Å²) in [6.07, 6.45) is 1.77. The molecular formula is C28H25BrN4O3S. The summed E-state index contributed by atoms with van der Waals surface area (Å²) in [5.74, 6) is 1.30. The quantitative estimate of drug-likeness (QED) is 0.254. The van der Waals surface area contributed by atoms with E-state index in [-0.39, 0.29) is 24.6 Å². The fourth-order valence-corrected chi connectivity index (χ4v) is 5.47. The molecule has 0 bridgehead atoms. The van der Waals surface area contributed by atoms with E-state index in [1.807, 2.05) is 65.6 Å². The van der Waals surface area contributed by atoms with Gasteiger partial charge in [-0.15, -0.1) is 0 Å². The molecule has 0 aliphatic carbocycles. The molecule has 0 radical (unpaired) electrons. The van der Waals surface area contributed by atoms with E-state index < -0.39 is 0 Å². The van der Waals surface area contributed by atoms with Crippen molar-refractivity contribution >= 4 is 50.5 Å². The third kappa shape index (κ3) is 5.29. The minimum absolute atomic E-state index is 0.00631. The summed E-state index contributed by atoms with van der Waals surface area (Å²) in [5, 5.41) is 6.82. The molecule has 5 rings (SSSR count). The molecule has 9 heteroatoms. The van der Waals surface area contributed by atoms with Crippen molar-refractivity contribution in [1.82, 2.24) is 10.3 Å². The van der Waals surface area contributed by atoms with Gasteiger partial charge < -0.3 is 24.7 Å². The van der Waals surface area contributed by atoms with Gasteiger partial charge in [0.2, 0.25) is 5.91 Å². The SMILES string of the molecule is COCC(=O)Nc1ccc(N2C(=S)N[C@@H](c3ccccn3)[C@H]2c2ccc(-c3ccc(C)cc3Br)o2)cc1. The Morgan fingerprint density at radius 1 is 1.16 bits per heavy atom. The van der Waals surface area contributed by atoms with E-state index in [9.17, 15) is 4.79 Å². The first-order chi connectivity index (χ1) is 17.9. The maximum absolute atomic E-state index is 11.9. The van der Waals surface area contributed by atoms with Gasteiger partial charge in [0.25, 0.3) is 0 Å². The number of halogens is 1. The highest BCUT2D eigenvalue weighted by molar-refractivity contribution is 9.10. The number of nitrogens with zero attached hydrogens (tertiary/aromatic N) is 2. The maximum atomic E-state index is 11.9. The van der Waals surface area contributed by atoms with Gasteiger partial charge in [-0.2, -0.15) is 0 Å². The Bertz CT molecular complexity index is 1430. The number of ether oxygens (including phenoxy) is 1. The van der Waals surface area contributed by atoms with Crippen LogP contribution in [0, 0.1) is 6.92 Å². The molecule has 1 aliphatic heterocycles. The van der Waals surface area contributed by atoms with Gasteiger partial charge in [-0.05, 0) is 85.4 Å². The summed E-state index contributed by atoms with van der Waals surface area (Å²) >= 11 is 9.47. The normalized spacial score (nSPS) is 17.1. The smallest absolute Gasteiger partial charge is 0.250 e. The zero-order chi connectivity index (χ0) is 25.9. The number of carbonyl (C=O) groups is 1. The zero-order valence-electron chi connectivity index (χ0n) is 20.3. The van der Waals surface area contributed by atoms with E-state index in [2.05, 4.69) is 50.6 Å². The summed E-state index contributed by atoms with van der Waals surface area (Å²) in [4.78, 5) is 18.5. The highest BCUT2D eigenvalue weighted by Gasteiger charge is 2.42. The lowest BCUT2D eigenvalue weighted by atomic mass is 10.0. The number of pyridine rings is 1. The molecule has 0 unspecified atom stereocenters. The Hall–Kier alpha value is -3.53. The van der Waals surface area contributed by atoms with Crippen molar-refractivity contribution in [1.29, 1.82) is 0 Å². The third-order valence-corrected chi connectivity index (χ3v) is 7.08. The first-order valence-corrected chi connectivity index (χ1v) is 12.9. The molecule has 1 aliphatic rings. The number of anilines is 2. The van der Waals surface area contributed by atoms with Crippen molar-refractivity contribution in [2.75, 3.05) is 23.9 Å². The average molecular weight is 578 g/mol. The van der Waals surface area contributed by atoms with Crippen LogP contribution in [-0.4, -0.2) is 29.7 Å². The molecule has 1 fully saturated rings. The van der Waals surface area contributed by atoms with Crippen molar-refractivity contribution in [2.45, 2.75) is 19.0 Å². The standard InChI is InChI=1S/C28H25BrN4O3S/c1-17-6-11-20(21(29)15-17)23-12-13-24(36-23)27-26(22-5-3-4-14-30-22)32-28(37)33(27)19-9-7-18(8-10-19)31-25(34)16-35-2/h3-15,26-27H,16H2,1-2H3,(H,31,34)(H,32,37)/t26-,27+/m0/s1. The maximum Gasteiger partial charge on any atom is 0.250 e. The highest BCUT2D eigenvalue weighted by atomic mass is 79.9. The predicted molar refractivity (Wildman–Crippen MR) is 151 cm³/mol. The second-order valence-corrected chi connectivity index (χ2v) is 9.95. The lowest BCUT2D eigenvalue weighted by Crippen LogP contribution is -2.29. The Morgan fingerprint density at radius 3 is 2.68 bits per heavy atom. The first-order valence-electron chi connectivity index (χ1n) is 11.7. The number of aryl methyl sites for hydroxylation is 1. The van der Waals surface area contributed by atoms with Crippen molar-refractivity contribution in [3.05, 3.63) is 100 Å². The number of carbonyl (C=O) groups excluding carboxylic acids is 1. The Morgan fingerprint density at radius 2 is 1.97 bits per heavy atom. The summed E-state index contributed by atoms with van der Waals surface area (Å²) in [5.41, 5.74) is 4.53. The summed E-state index contributed by atoms with van der Waals surface area (Å²) in [7, 11) is 1.49. The minimum Gasteiger partial charge on any atom is -0.459 e. The van der Waals surface area contributed by atoms with Gasteiger partial charge in [0.1, 0.15) is 24.2 Å². The lowest BCUT2D eigenvalue weighted by molar-refractivity contribution is -0.119. The van der Waals surface area contributed by atoms with Gasteiger partial charge in [-0.25, -0.2) is 0 Å². The van der Waals surface area contributed by atoms with Gasteiger partial charge in [-0.1, -0.05) is 28.1 Å². The zero-order valence-corrected chi connectivity index (χ0v) is 22.7. The van der Waals surface area contributed by atoms with Crippen LogP contribution in [-0.2, 0) is 9.53 Å². The van der Waals surface area contributed by atoms with Gasteiger partial charge in [0.05, 0.1) is 11.7 Å². The van der Waals surface area contributed by atoms with E-state index >= 15 is 0 Å². The molecule has 2 atom stereocenters. The minimum atomic E-state index is -0.283. The third-order valence-electron chi connectivity index (χ3n) is 6.11. The number of rotatable bonds is 7. The molecule has 0 spiro atoms. The number of hydrogen-bond donors (Lipinski definition) is 2. The van der Waals surface area contributed by atoms with Crippen molar-refractivity contribution in [3.63, 3.8) is 0 Å². The molecule has 2 N–H and O–H groups in total. The second kappa shape index (κ2) is 10.8. The van der Waals surface area contributed by atoms with E-state index in [1.54, 1.807) is 6.20 Å². The molecule has 0 saturated carbocycles. The molecule has 3 heterocycles. The molecular weight excluding hydrogens is 552 g/mol. The number of amides is 1. The second-order valence-electron chi connectivity index (χ2n) is 8.71. The van der Waals surface area contributed by atoms with Crippen LogP contribution in [0.15, 0.2) is 87.9 Å². The fourth-order valence-electron chi connectivity index (χ4n) is 4.43. The number of hydrogen-bond acceptors (Lipinski definition) is 5. The van der Waals surface area contributed by atoms with Gasteiger partial charge in [-0.3, -0.25) is 9.78 Å². The summed E-state index contributed by atoms with van der Waals surface area (Å²) in [6.45, 7) is 2.05. The number of nitrogens with one attached hydrogen (secondary N) is 2. The number of furan rings is 1. The molecule has 7 nitrogen and oxygen atoms in total. The Balaban J connectivity index is 1.52. The van der Waals surface area contributed by atoms with Crippen LogP contribution in [0.5, 0.6) is 0 Å². The van der Waals surface area contributed by atoms with Crippen LogP contribution >= 0.6 is 28.1 Å². The number of thiocarbonyl (C=S) groups is 1. The van der Waals surface area contributed by atoms with E-state index in [1.165, 1.54) is 7.11 Å². The number of benzene rings is 2. The lowest BCUT2D eigenvalue weighted by Gasteiger charge is -2.26. The van der Waals surface area contributed by atoms with E-state index in [0.29, 0.717) is 10.8 Å². The molecule has 2 aromatic carbocycles. The van der Waals surface area contributed by atoms with Gasteiger partial charge in [0, 0.05) is 34.7 Å². The molecule has 37 heavy (non-hydrogen) atoms. The van der Waals surface area contributed by atoms with E-state index in [0.717, 1.165) is 38.5 Å². The first kappa shape index (κ1) is 25.1. The van der Waals surface area contributed by atoms with Crippen LogP contribution in [0.1, 0.15) is 29.1 Å². The molecule has 188 valence electrons. The van der Waals surface area contributed by atoms with Crippen molar-refractivity contribution in [3.8, 4) is 11.3 Å². The molecule has 2 aromatic heterocycles. The topological polar surface area (TPSA) is 79.6 Å². The average Bonchev–Trinajstić information content (AvgIpc) is 3.50. The van der Waals surface area contributed by atoms with Crippen LogP contribution in [0.25, 0.3) is 11.3 Å². The molecule has 1 amide bonds. The predicted octanol–water partition coefficient (Wildman–Crippen LogP) is 6.17.